The molecule has 0 aromatic carbocycles. The molecule has 3 aromatic rings. The number of H-pyrrole nitrogens is 2. The van der Waals surface area contributed by atoms with Gasteiger partial charge in [-0.15, -0.1) is 0 Å². The van der Waals surface area contributed by atoms with Crippen LogP contribution >= 0.6 is 0 Å². The highest BCUT2D eigenvalue weighted by molar-refractivity contribution is 6.23. The summed E-state index contributed by atoms with van der Waals surface area (Å²) < 4.78 is 11.1. The van der Waals surface area contributed by atoms with Crippen molar-refractivity contribution in [2.24, 2.45) is 17.8 Å². The highest BCUT2D eigenvalue weighted by Gasteiger charge is 2.45. The first-order valence-corrected chi connectivity index (χ1v) is 24.1. The summed E-state index contributed by atoms with van der Waals surface area (Å²) in [7, 11) is 1.31. The van der Waals surface area contributed by atoms with Crippen LogP contribution in [0.15, 0.2) is 36.4 Å². The number of hydrogen-bond acceptors (Lipinski definition) is 7. The van der Waals surface area contributed by atoms with Crippen molar-refractivity contribution in [3.8, 4) is 0 Å². The number of nitrogens with one attached hydrogen (secondary N) is 2. The summed E-state index contributed by atoms with van der Waals surface area (Å²) in [6.07, 6.45) is 16.6. The topological polar surface area (TPSA) is 127 Å². The molecule has 0 spiro atoms. The summed E-state index contributed by atoms with van der Waals surface area (Å²) in [5, 5.41) is 0. The molecule has 3 aromatic heterocycles. The van der Waals surface area contributed by atoms with Crippen molar-refractivity contribution < 1.29 is 23.9 Å². The van der Waals surface area contributed by atoms with E-state index in [0.717, 1.165) is 98.5 Å². The van der Waals surface area contributed by atoms with Crippen LogP contribution in [0.5, 0.6) is 0 Å². The molecule has 0 amide bonds. The van der Waals surface area contributed by atoms with E-state index in [2.05, 4.69) is 91.0 Å². The Kier molecular flexibility index (Phi) is 16.1. The highest BCUT2D eigenvalue weighted by Crippen LogP contribution is 2.48. The third kappa shape index (κ3) is 10.6. The number of carbonyl (C=O) groups excluding carboxylic acids is 3. The predicted molar refractivity (Wildman–Crippen MR) is 262 cm³/mol. The molecule has 5 unspecified atom stereocenters. The third-order valence-corrected chi connectivity index (χ3v) is 14.4. The lowest BCUT2D eigenvalue weighted by Crippen LogP contribution is -2.21. The molecule has 5 atom stereocenters. The number of allylic oxidation sites excluding steroid dienone is 3. The molecule has 64 heavy (non-hydrogen) atoms. The number of rotatable bonds is 20. The average molecular weight is 871 g/mol. The molecule has 3 aliphatic rings. The van der Waals surface area contributed by atoms with Gasteiger partial charge in [0.15, 0.2) is 5.78 Å². The SMILES string of the molecule is C=Cc1c(C)c2cc3nc(c4c5[nH]c(cc6nc(cc1[nH]2)C(C)=C6CC)c(C)c5C(=O)C4C(=O)OC)C(CCC(=O)OC/C=C(\C)CCCC(C)CCCC(C)CCCC(C)C)C3C. The number of aromatic nitrogens is 4. The molecule has 2 N–H and O–H groups in total. The van der Waals surface area contributed by atoms with Crippen LogP contribution in [0.2, 0.25) is 0 Å². The van der Waals surface area contributed by atoms with Gasteiger partial charge in [-0.05, 0) is 118 Å². The zero-order valence-corrected chi connectivity index (χ0v) is 40.7. The van der Waals surface area contributed by atoms with E-state index in [1.165, 1.54) is 57.6 Å². The van der Waals surface area contributed by atoms with Gasteiger partial charge in [0.05, 0.1) is 29.7 Å². The van der Waals surface area contributed by atoms with Gasteiger partial charge in [0, 0.05) is 57.2 Å². The first kappa shape index (κ1) is 48.4. The average Bonchev–Trinajstić information content (AvgIpc) is 3.99. The second-order valence-corrected chi connectivity index (χ2v) is 19.6. The van der Waals surface area contributed by atoms with Gasteiger partial charge in [-0.3, -0.25) is 19.4 Å². The van der Waals surface area contributed by atoms with Crippen LogP contribution < -0.4 is 0 Å². The van der Waals surface area contributed by atoms with Crippen LogP contribution in [0.25, 0.3) is 39.3 Å². The molecule has 0 fully saturated rings. The van der Waals surface area contributed by atoms with Crippen LogP contribution in [0.4, 0.5) is 0 Å². The fourth-order valence-electron chi connectivity index (χ4n) is 10.2. The van der Waals surface area contributed by atoms with Gasteiger partial charge in [0.2, 0.25) is 0 Å². The van der Waals surface area contributed by atoms with Crippen molar-refractivity contribution in [1.82, 2.24) is 19.9 Å². The molecular weight excluding hydrogens is 797 g/mol. The monoisotopic (exact) mass is 871 g/mol. The number of aromatic amines is 2. The van der Waals surface area contributed by atoms with Crippen molar-refractivity contribution in [3.63, 3.8) is 0 Å². The summed E-state index contributed by atoms with van der Waals surface area (Å²) in [6.45, 7) is 26.2. The fourth-order valence-corrected chi connectivity index (χ4v) is 10.2. The summed E-state index contributed by atoms with van der Waals surface area (Å²) in [5.74, 6) is -0.519. The molecule has 0 saturated heterocycles. The number of hydrogen-bond donors (Lipinski definition) is 2. The molecule has 9 nitrogen and oxygen atoms in total. The van der Waals surface area contributed by atoms with Crippen molar-refractivity contribution in [1.29, 1.82) is 0 Å². The Morgan fingerprint density at radius 1 is 0.859 bits per heavy atom. The number of methoxy groups -OCH3 is 1. The van der Waals surface area contributed by atoms with Gasteiger partial charge in [-0.1, -0.05) is 105 Å². The number of carbonyl (C=O) groups is 3. The zero-order chi connectivity index (χ0) is 46.4. The molecule has 344 valence electrons. The molecule has 9 heteroatoms. The minimum absolute atomic E-state index is 0.149. The van der Waals surface area contributed by atoms with Crippen LogP contribution in [-0.2, 0) is 19.1 Å². The van der Waals surface area contributed by atoms with Crippen LogP contribution in [0.1, 0.15) is 206 Å². The van der Waals surface area contributed by atoms with Crippen molar-refractivity contribution in [2.75, 3.05) is 13.7 Å². The first-order valence-electron chi connectivity index (χ1n) is 24.1. The highest BCUT2D eigenvalue weighted by atomic mass is 16.5. The summed E-state index contributed by atoms with van der Waals surface area (Å²) in [4.78, 5) is 59.0. The molecule has 0 radical (unpaired) electrons. The maximum Gasteiger partial charge on any atom is 0.321 e. The lowest BCUT2D eigenvalue weighted by atomic mass is 9.84. The van der Waals surface area contributed by atoms with Crippen molar-refractivity contribution in [2.45, 2.75) is 164 Å². The van der Waals surface area contributed by atoms with E-state index in [-0.39, 0.29) is 36.6 Å². The predicted octanol–water partition coefficient (Wildman–Crippen LogP) is 14.0. The number of Topliss-reactive ketones (excluding diaryl/α,β-unsaturated/α-hetero) is 1. The number of ketones is 1. The maximum atomic E-state index is 14.4. The molecule has 2 aliphatic heterocycles. The Morgan fingerprint density at radius 2 is 1.52 bits per heavy atom. The maximum absolute atomic E-state index is 14.4. The van der Waals surface area contributed by atoms with Crippen molar-refractivity contribution >= 4 is 57.0 Å². The molecule has 0 saturated carbocycles. The molecule has 8 bridgehead atoms. The number of esters is 2. The minimum Gasteiger partial charge on any atom is -0.468 e. The quantitative estimate of drug-likeness (QED) is 0.0657. The number of aryl methyl sites for hydroxylation is 2. The Labute approximate surface area is 382 Å². The molecule has 6 rings (SSSR count). The van der Waals surface area contributed by atoms with Gasteiger partial charge in [0.25, 0.3) is 0 Å². The summed E-state index contributed by atoms with van der Waals surface area (Å²) >= 11 is 0. The zero-order valence-electron chi connectivity index (χ0n) is 40.7. The normalized spacial score (nSPS) is 18.2. The first-order chi connectivity index (χ1) is 30.6. The van der Waals surface area contributed by atoms with E-state index in [0.29, 0.717) is 28.8 Å². The van der Waals surface area contributed by atoms with E-state index < -0.39 is 11.9 Å². The number of ether oxygens (including phenoxy) is 2. The molecule has 1 aliphatic carbocycles. The van der Waals surface area contributed by atoms with Gasteiger partial charge in [-0.25, -0.2) is 4.98 Å². The standard InChI is InChI=1S/C55H74N4O5/c1-13-39-35(8)42-28-44-37(10)41(24-25-48(60)64-27-26-34(7)23-17-22-33(6)21-16-20-32(5)19-15-18-31(3)4)52(58-44)50-51(55(62)63-12)54(61)49-38(11)45(59-53(49)50)30-47-40(14-2)36(9)43(57-47)29-46(39)56-42/h13,26,28-33,37,41,51,56,59H,1,14-25,27H2,2-12H3/b34-26+,42-28?,43-29?,44-28?,45-30?,46-29?,47-30?,52-50?. The van der Waals surface area contributed by atoms with Gasteiger partial charge >= 0.3 is 11.9 Å². The number of nitrogens with zero attached hydrogens (tertiary/aromatic N) is 2. The minimum atomic E-state index is -1.18. The Bertz CT molecular complexity index is 2480. The third-order valence-electron chi connectivity index (χ3n) is 14.4. The fraction of sp³-hybridized carbons (Fsp3) is 0.545. The number of fused-ring (bicyclic) bond motifs is 8. The smallest absolute Gasteiger partial charge is 0.321 e. The van der Waals surface area contributed by atoms with Crippen LogP contribution in [0, 0.1) is 31.6 Å². The van der Waals surface area contributed by atoms with E-state index in [4.69, 9.17) is 19.4 Å². The lowest BCUT2D eigenvalue weighted by molar-refractivity contribution is -0.143. The summed E-state index contributed by atoms with van der Waals surface area (Å²) in [6, 6.07) is 6.14. The summed E-state index contributed by atoms with van der Waals surface area (Å²) in [5.41, 5.74) is 13.4. The Balaban J connectivity index is 1.24. The lowest BCUT2D eigenvalue weighted by Gasteiger charge is -2.18. The van der Waals surface area contributed by atoms with Gasteiger partial charge < -0.3 is 19.4 Å². The van der Waals surface area contributed by atoms with E-state index >= 15 is 0 Å². The van der Waals surface area contributed by atoms with Crippen LogP contribution in [0.3, 0.4) is 0 Å². The van der Waals surface area contributed by atoms with Gasteiger partial charge in [0.1, 0.15) is 12.5 Å². The Morgan fingerprint density at radius 3 is 2.17 bits per heavy atom. The second-order valence-electron chi connectivity index (χ2n) is 19.6. The molecular formula is C55H74N4O5. The molecule has 5 heterocycles. The van der Waals surface area contributed by atoms with Crippen molar-refractivity contribution in [3.05, 3.63) is 87.0 Å². The Hall–Kier alpha value is -5.05. The van der Waals surface area contributed by atoms with E-state index in [1.807, 2.05) is 25.1 Å². The van der Waals surface area contributed by atoms with Crippen LogP contribution in [-0.4, -0.2) is 51.4 Å². The largest absolute Gasteiger partial charge is 0.468 e. The second kappa shape index (κ2) is 21.3. The van der Waals surface area contributed by atoms with E-state index in [9.17, 15) is 14.4 Å². The van der Waals surface area contributed by atoms with Gasteiger partial charge in [-0.2, -0.15) is 0 Å². The van der Waals surface area contributed by atoms with E-state index in [1.54, 1.807) is 0 Å².